The number of halogens is 1. The van der Waals surface area contributed by atoms with Gasteiger partial charge in [0.2, 0.25) is 5.69 Å². The molecular weight excluding hydrogens is 540 g/mol. The summed E-state index contributed by atoms with van der Waals surface area (Å²) in [5.41, 5.74) is 3.04. The molecule has 0 saturated heterocycles. The maximum Gasteiger partial charge on any atom is 0.222 e. The van der Waals surface area contributed by atoms with Crippen molar-refractivity contribution < 1.29 is 18.6 Å². The van der Waals surface area contributed by atoms with Gasteiger partial charge in [-0.15, -0.1) is 0 Å². The third-order valence-corrected chi connectivity index (χ3v) is 9.64. The van der Waals surface area contributed by atoms with E-state index in [0.717, 1.165) is 23.2 Å². The van der Waals surface area contributed by atoms with E-state index in [1.807, 2.05) is 31.2 Å². The third-order valence-electron chi connectivity index (χ3n) is 6.23. The normalized spacial score (nSPS) is 11.8. The smallest absolute Gasteiger partial charge is 0.222 e. The SMILES string of the molecule is [C-]#[N+]c1ccc(N(COCC[Si](C)(C)C)c2ncnc(-c3ccc(C)cc3)c2OCOCC[Si](C)(C)C)cc1F. The third kappa shape index (κ3) is 9.52. The standard InChI is InChI=1S/C30H41FN4O3Si2/c1-23-9-11-24(12-10-23)28-29(38-22-37-16-18-40(6,7)8)30(34-20-33-28)35(21-36-15-17-39(3,4)5)25-13-14-27(32-2)26(31)19-25/h9-14,19-20H,15-18,21-22H2,1,3-8H3. The second kappa shape index (κ2) is 14.0. The Morgan fingerprint density at radius 3 is 2.15 bits per heavy atom. The van der Waals surface area contributed by atoms with Crippen LogP contribution in [0.5, 0.6) is 5.75 Å². The summed E-state index contributed by atoms with van der Waals surface area (Å²) in [6.07, 6.45) is 1.47. The monoisotopic (exact) mass is 580 g/mol. The lowest BCUT2D eigenvalue weighted by molar-refractivity contribution is 0.0221. The molecule has 0 radical (unpaired) electrons. The topological polar surface area (TPSA) is 61.1 Å². The van der Waals surface area contributed by atoms with Crippen LogP contribution in [0.2, 0.25) is 51.4 Å². The van der Waals surface area contributed by atoms with E-state index in [2.05, 4.69) is 54.1 Å². The molecule has 0 fully saturated rings. The second-order valence-electron chi connectivity index (χ2n) is 12.2. The first-order chi connectivity index (χ1) is 18.9. The van der Waals surface area contributed by atoms with Gasteiger partial charge >= 0.3 is 0 Å². The Morgan fingerprint density at radius 2 is 1.55 bits per heavy atom. The van der Waals surface area contributed by atoms with Crippen molar-refractivity contribution in [2.45, 2.75) is 58.3 Å². The van der Waals surface area contributed by atoms with Gasteiger partial charge in [-0.3, -0.25) is 4.90 Å². The van der Waals surface area contributed by atoms with Crippen molar-refractivity contribution in [3.8, 4) is 17.0 Å². The van der Waals surface area contributed by atoms with E-state index >= 15 is 0 Å². The lowest BCUT2D eigenvalue weighted by Crippen LogP contribution is -2.27. The second-order valence-corrected chi connectivity index (χ2v) is 23.5. The molecule has 0 spiro atoms. The van der Waals surface area contributed by atoms with Crippen molar-refractivity contribution >= 4 is 33.3 Å². The van der Waals surface area contributed by atoms with Crippen molar-refractivity contribution in [1.29, 1.82) is 0 Å². The van der Waals surface area contributed by atoms with Crippen LogP contribution in [0.1, 0.15) is 5.56 Å². The van der Waals surface area contributed by atoms with Crippen LogP contribution in [-0.2, 0) is 9.47 Å². The summed E-state index contributed by atoms with van der Waals surface area (Å²) < 4.78 is 33.0. The van der Waals surface area contributed by atoms with Crippen LogP contribution in [0.25, 0.3) is 16.1 Å². The van der Waals surface area contributed by atoms with Crippen LogP contribution in [0.15, 0.2) is 48.8 Å². The first kappa shape index (κ1) is 31.4. The van der Waals surface area contributed by atoms with Crippen LogP contribution in [0.4, 0.5) is 21.6 Å². The summed E-state index contributed by atoms with van der Waals surface area (Å²) in [6.45, 7) is 24.4. The van der Waals surface area contributed by atoms with Crippen LogP contribution in [-0.4, -0.2) is 52.9 Å². The van der Waals surface area contributed by atoms with Gasteiger partial charge in [-0.2, -0.15) is 0 Å². The highest BCUT2D eigenvalue weighted by Crippen LogP contribution is 2.39. The maximum absolute atomic E-state index is 14.8. The summed E-state index contributed by atoms with van der Waals surface area (Å²) >= 11 is 0. The zero-order valence-electron chi connectivity index (χ0n) is 24.8. The van der Waals surface area contributed by atoms with Gasteiger partial charge in [0.25, 0.3) is 0 Å². The molecule has 0 aliphatic rings. The Morgan fingerprint density at radius 1 is 0.900 bits per heavy atom. The summed E-state index contributed by atoms with van der Waals surface area (Å²) in [4.78, 5) is 14.2. The number of aryl methyl sites for hydroxylation is 1. The van der Waals surface area contributed by atoms with Gasteiger partial charge in [0, 0.05) is 40.6 Å². The Labute approximate surface area is 240 Å². The molecule has 0 atom stereocenters. The molecule has 2 aromatic carbocycles. The number of hydrogen-bond donors (Lipinski definition) is 0. The van der Waals surface area contributed by atoms with Crippen molar-refractivity contribution in [3.05, 3.63) is 71.6 Å². The molecule has 0 aliphatic heterocycles. The number of aromatic nitrogens is 2. The molecule has 10 heteroatoms. The molecule has 0 saturated carbocycles. The van der Waals surface area contributed by atoms with Gasteiger partial charge in [-0.25, -0.2) is 19.2 Å². The number of rotatable bonds is 14. The minimum absolute atomic E-state index is 0.0268. The first-order valence-electron chi connectivity index (χ1n) is 13.5. The predicted octanol–water partition coefficient (Wildman–Crippen LogP) is 8.28. The van der Waals surface area contributed by atoms with E-state index in [-0.39, 0.29) is 19.2 Å². The lowest BCUT2D eigenvalue weighted by atomic mass is 10.1. The summed E-state index contributed by atoms with van der Waals surface area (Å²) in [5, 5.41) is 0. The van der Waals surface area contributed by atoms with E-state index in [4.69, 9.17) is 20.8 Å². The summed E-state index contributed by atoms with van der Waals surface area (Å²) in [7, 11) is -2.58. The van der Waals surface area contributed by atoms with Gasteiger partial charge in [0.15, 0.2) is 18.4 Å². The highest BCUT2D eigenvalue weighted by atomic mass is 28.3. The van der Waals surface area contributed by atoms with Crippen molar-refractivity contribution in [3.63, 3.8) is 0 Å². The fraction of sp³-hybridized carbons (Fsp3) is 0.433. The molecule has 214 valence electrons. The molecule has 0 amide bonds. The quantitative estimate of drug-likeness (QED) is 0.0827. The van der Waals surface area contributed by atoms with Gasteiger partial charge < -0.3 is 14.2 Å². The van der Waals surface area contributed by atoms with Crippen LogP contribution >= 0.6 is 0 Å². The van der Waals surface area contributed by atoms with Gasteiger partial charge in [-0.05, 0) is 31.1 Å². The number of hydrogen-bond acceptors (Lipinski definition) is 6. The maximum atomic E-state index is 14.8. The zero-order chi connectivity index (χ0) is 29.3. The van der Waals surface area contributed by atoms with E-state index in [1.165, 1.54) is 18.5 Å². The Bertz CT molecular complexity index is 1300. The first-order valence-corrected chi connectivity index (χ1v) is 20.9. The lowest BCUT2D eigenvalue weighted by Gasteiger charge is -2.27. The largest absolute Gasteiger partial charge is 0.461 e. The Balaban J connectivity index is 2.02. The molecule has 3 rings (SSSR count). The van der Waals surface area contributed by atoms with Crippen LogP contribution < -0.4 is 9.64 Å². The molecule has 40 heavy (non-hydrogen) atoms. The molecule has 0 unspecified atom stereocenters. The number of benzene rings is 2. The van der Waals surface area contributed by atoms with Gasteiger partial charge in [0.1, 0.15) is 24.6 Å². The van der Waals surface area contributed by atoms with Crippen molar-refractivity contribution in [2.75, 3.05) is 31.6 Å². The molecular formula is C30H41FN4O3Si2. The van der Waals surface area contributed by atoms with Gasteiger partial charge in [-0.1, -0.05) is 75.2 Å². The van der Waals surface area contributed by atoms with Crippen LogP contribution in [0.3, 0.4) is 0 Å². The number of ether oxygens (including phenoxy) is 3. The minimum Gasteiger partial charge on any atom is -0.461 e. The molecule has 0 N–H and O–H groups in total. The van der Waals surface area contributed by atoms with E-state index < -0.39 is 22.0 Å². The Kier molecular flexibility index (Phi) is 11.0. The molecule has 3 aromatic rings. The fourth-order valence-electron chi connectivity index (χ4n) is 3.69. The minimum atomic E-state index is -1.32. The highest BCUT2D eigenvalue weighted by Gasteiger charge is 2.23. The summed E-state index contributed by atoms with van der Waals surface area (Å²) in [5.74, 6) is 0.245. The van der Waals surface area contributed by atoms with Crippen molar-refractivity contribution in [1.82, 2.24) is 9.97 Å². The summed E-state index contributed by atoms with van der Waals surface area (Å²) in [6, 6.07) is 14.5. The van der Waals surface area contributed by atoms with E-state index in [0.29, 0.717) is 36.2 Å². The van der Waals surface area contributed by atoms with Crippen LogP contribution in [0, 0.1) is 19.3 Å². The number of nitrogens with zero attached hydrogens (tertiary/aromatic N) is 4. The number of anilines is 2. The van der Waals surface area contributed by atoms with Gasteiger partial charge in [0.05, 0.1) is 6.57 Å². The Hall–Kier alpha value is -3.11. The van der Waals surface area contributed by atoms with E-state index in [9.17, 15) is 4.39 Å². The van der Waals surface area contributed by atoms with E-state index in [1.54, 1.807) is 11.0 Å². The zero-order valence-corrected chi connectivity index (χ0v) is 26.8. The molecule has 1 aromatic heterocycles. The average Bonchev–Trinajstić information content (AvgIpc) is 2.88. The molecule has 1 heterocycles. The fourth-order valence-corrected chi connectivity index (χ4v) is 5.20. The predicted molar refractivity (Wildman–Crippen MR) is 166 cm³/mol. The molecule has 7 nitrogen and oxygen atoms in total. The van der Waals surface area contributed by atoms with Crippen molar-refractivity contribution in [2.24, 2.45) is 0 Å². The molecule has 0 bridgehead atoms. The average molecular weight is 581 g/mol. The molecule has 0 aliphatic carbocycles. The highest BCUT2D eigenvalue weighted by molar-refractivity contribution is 6.76.